The maximum Gasteiger partial charge on any atom is 0.259 e. The van der Waals surface area contributed by atoms with Crippen LogP contribution in [0.1, 0.15) is 19.8 Å². The predicted octanol–water partition coefficient (Wildman–Crippen LogP) is 1.64. The van der Waals surface area contributed by atoms with Crippen molar-refractivity contribution in [3.63, 3.8) is 0 Å². The average molecular weight is 491 g/mol. The van der Waals surface area contributed by atoms with E-state index in [2.05, 4.69) is 5.43 Å². The molecule has 0 saturated heterocycles. The van der Waals surface area contributed by atoms with E-state index in [1.807, 2.05) is 6.92 Å². The zero-order chi connectivity index (χ0) is 25.1. The van der Waals surface area contributed by atoms with Gasteiger partial charge in [0.25, 0.3) is 5.91 Å². The van der Waals surface area contributed by atoms with Gasteiger partial charge in [0.2, 0.25) is 0 Å². The summed E-state index contributed by atoms with van der Waals surface area (Å²) in [5.74, 6) is 6.68. The zero-order valence-corrected chi connectivity index (χ0v) is 19.9. The number of nitrogen functional groups attached to an aromatic ring is 2. The maximum absolute atomic E-state index is 11.9. The van der Waals surface area contributed by atoms with Crippen LogP contribution >= 0.6 is 0 Å². The Labute approximate surface area is 204 Å². The molecule has 0 bridgehead atoms. The summed E-state index contributed by atoms with van der Waals surface area (Å²) in [4.78, 5) is 11.9. The van der Waals surface area contributed by atoms with Gasteiger partial charge in [0.15, 0.2) is 23.0 Å². The zero-order valence-electron chi connectivity index (χ0n) is 19.9. The van der Waals surface area contributed by atoms with Crippen molar-refractivity contribution in [2.45, 2.75) is 25.4 Å². The number of rotatable bonds is 5. The molecule has 1 amide bonds. The summed E-state index contributed by atoms with van der Waals surface area (Å²) >= 11 is 0. The molecule has 0 aromatic heterocycles. The first-order valence-electron chi connectivity index (χ1n) is 11.5. The fraction of sp³-hybridized carbons (Fsp3) is 0.458. The van der Waals surface area contributed by atoms with Gasteiger partial charge >= 0.3 is 0 Å². The molecule has 11 heteroatoms. The van der Waals surface area contributed by atoms with E-state index >= 15 is 0 Å². The Morgan fingerprint density at radius 3 is 1.91 bits per heavy atom. The number of anilines is 2. The lowest BCUT2D eigenvalue weighted by molar-refractivity contribution is -0.141. The van der Waals surface area contributed by atoms with Crippen molar-refractivity contribution in [3.05, 3.63) is 36.4 Å². The second kappa shape index (κ2) is 12.9. The van der Waals surface area contributed by atoms with Gasteiger partial charge in [-0.3, -0.25) is 10.2 Å². The molecule has 192 valence electrons. The number of hydrogen-bond acceptors (Lipinski definition) is 10. The minimum atomic E-state index is -1.01. The van der Waals surface area contributed by atoms with Gasteiger partial charge in [-0.1, -0.05) is 13.3 Å². The molecule has 2 aromatic carbocycles. The largest absolute Gasteiger partial charge is 0.487 e. The molecule has 35 heavy (non-hydrogen) atoms. The van der Waals surface area contributed by atoms with Crippen molar-refractivity contribution in [1.82, 2.24) is 5.43 Å². The highest BCUT2D eigenvalue weighted by Crippen LogP contribution is 2.34. The van der Waals surface area contributed by atoms with Gasteiger partial charge in [-0.15, -0.1) is 0 Å². The van der Waals surface area contributed by atoms with Crippen LogP contribution in [0.3, 0.4) is 0 Å². The molecule has 11 nitrogen and oxygen atoms in total. The molecule has 0 aliphatic carbocycles. The first kappa shape index (κ1) is 26.2. The molecule has 0 atom stereocenters. The second-order valence-electron chi connectivity index (χ2n) is 8.09. The number of ether oxygens (including phenoxy) is 6. The van der Waals surface area contributed by atoms with Crippen molar-refractivity contribution < 1.29 is 33.2 Å². The van der Waals surface area contributed by atoms with E-state index in [1.165, 1.54) is 0 Å². The molecule has 0 unspecified atom stereocenters. The summed E-state index contributed by atoms with van der Waals surface area (Å²) in [6.07, 6.45) is 1.25. The van der Waals surface area contributed by atoms with Gasteiger partial charge in [-0.2, -0.15) is 0 Å². The van der Waals surface area contributed by atoms with Crippen LogP contribution in [0.4, 0.5) is 11.4 Å². The highest BCUT2D eigenvalue weighted by atomic mass is 16.6. The van der Waals surface area contributed by atoms with Gasteiger partial charge in [0, 0.05) is 23.5 Å². The van der Waals surface area contributed by atoms with E-state index in [0.717, 1.165) is 6.42 Å². The van der Waals surface area contributed by atoms with Crippen LogP contribution in [0.25, 0.3) is 0 Å². The third-order valence-corrected chi connectivity index (χ3v) is 5.26. The van der Waals surface area contributed by atoms with E-state index in [-0.39, 0.29) is 19.8 Å². The first-order valence-corrected chi connectivity index (χ1v) is 11.5. The minimum absolute atomic E-state index is 0.0491. The van der Waals surface area contributed by atoms with E-state index in [1.54, 1.807) is 36.4 Å². The van der Waals surface area contributed by atoms with Crippen molar-refractivity contribution in [2.75, 3.05) is 57.7 Å². The van der Waals surface area contributed by atoms with E-state index in [0.29, 0.717) is 67.2 Å². The molecule has 1 aliphatic rings. The third-order valence-electron chi connectivity index (χ3n) is 5.26. The smallest absolute Gasteiger partial charge is 0.259 e. The van der Waals surface area contributed by atoms with Crippen LogP contribution < -0.4 is 41.7 Å². The lowest BCUT2D eigenvalue weighted by Gasteiger charge is -2.33. The molecule has 0 fully saturated rings. The number of benzene rings is 2. The molecule has 0 saturated carbocycles. The summed E-state index contributed by atoms with van der Waals surface area (Å²) in [5, 5.41) is 0. The van der Waals surface area contributed by atoms with Gasteiger partial charge in [-0.05, 0) is 30.7 Å². The average Bonchev–Trinajstić information content (AvgIpc) is 2.85. The first-order chi connectivity index (χ1) is 16.9. The Morgan fingerprint density at radius 2 is 1.43 bits per heavy atom. The van der Waals surface area contributed by atoms with Crippen LogP contribution in [-0.2, 0) is 14.3 Å². The second-order valence-corrected chi connectivity index (χ2v) is 8.09. The van der Waals surface area contributed by atoms with Crippen LogP contribution in [0.2, 0.25) is 0 Å². The van der Waals surface area contributed by atoms with Crippen LogP contribution in [0.5, 0.6) is 23.0 Å². The Morgan fingerprint density at radius 1 is 0.886 bits per heavy atom. The monoisotopic (exact) mass is 490 g/mol. The molecule has 0 radical (unpaired) electrons. The van der Waals surface area contributed by atoms with Crippen molar-refractivity contribution in [2.24, 2.45) is 5.84 Å². The van der Waals surface area contributed by atoms with E-state index in [9.17, 15) is 4.79 Å². The number of amides is 1. The highest BCUT2D eigenvalue weighted by molar-refractivity contribution is 5.76. The Kier molecular flexibility index (Phi) is 9.65. The molecule has 1 aliphatic heterocycles. The normalized spacial score (nSPS) is 16.3. The molecule has 2 aromatic rings. The minimum Gasteiger partial charge on any atom is -0.487 e. The highest BCUT2D eigenvalue weighted by Gasteiger charge is 2.34. The van der Waals surface area contributed by atoms with Gasteiger partial charge in [0.1, 0.15) is 38.6 Å². The predicted molar refractivity (Wildman–Crippen MR) is 130 cm³/mol. The number of fused-ring (bicyclic) bond motifs is 2. The maximum atomic E-state index is 11.9. The molecule has 1 heterocycles. The number of nitrogens with one attached hydrogen (secondary N) is 1. The molecule has 0 spiro atoms. The Balaban J connectivity index is 1.93. The summed E-state index contributed by atoms with van der Waals surface area (Å²) in [5.41, 5.74) is 14.1. The quantitative estimate of drug-likeness (QED) is 0.210. The van der Waals surface area contributed by atoms with Crippen LogP contribution in [-0.4, -0.2) is 57.8 Å². The topological polar surface area (TPSA) is 163 Å². The summed E-state index contributed by atoms with van der Waals surface area (Å²) in [7, 11) is 0. The number of nitrogens with two attached hydrogens (primary N) is 3. The standard InChI is InChI=1S/C24H34N4O7/c1-2-7-24(35-14-23(29)28-27)15-33-21-12-17(25)3-5-19(21)31-10-8-30-9-11-32-20-6-4-18(26)13-22(20)34-16-24/h3-6,12-13H,2,7-11,14-16,25-27H2,1H3,(H,28,29). The molecule has 7 N–H and O–H groups in total. The van der Waals surface area contributed by atoms with Crippen molar-refractivity contribution in [1.29, 1.82) is 0 Å². The summed E-state index contributed by atoms with van der Waals surface area (Å²) < 4.78 is 35.6. The lowest BCUT2D eigenvalue weighted by Crippen LogP contribution is -2.47. The van der Waals surface area contributed by atoms with E-state index in [4.69, 9.17) is 45.7 Å². The van der Waals surface area contributed by atoms with Gasteiger partial charge < -0.3 is 39.9 Å². The summed E-state index contributed by atoms with van der Waals surface area (Å²) in [6, 6.07) is 10.3. The number of hydrogen-bond donors (Lipinski definition) is 4. The lowest BCUT2D eigenvalue weighted by atomic mass is 9.99. The van der Waals surface area contributed by atoms with Gasteiger partial charge in [0.05, 0.1) is 13.2 Å². The third kappa shape index (κ3) is 7.81. The Bertz CT molecular complexity index is 911. The SMILES string of the molecule is CCCC1(OCC(=O)NN)COc2cc(N)ccc2OCCOCCOc2ccc(N)cc2OC1. The summed E-state index contributed by atoms with van der Waals surface area (Å²) in [6.45, 7) is 3.15. The van der Waals surface area contributed by atoms with Crippen molar-refractivity contribution >= 4 is 17.3 Å². The molecular formula is C24H34N4O7. The Hall–Kier alpha value is -3.41. The fourth-order valence-corrected chi connectivity index (χ4v) is 3.51. The number of hydrazine groups is 1. The van der Waals surface area contributed by atoms with E-state index < -0.39 is 11.5 Å². The van der Waals surface area contributed by atoms with Crippen LogP contribution in [0, 0.1) is 0 Å². The number of carbonyl (C=O) groups is 1. The molecular weight excluding hydrogens is 456 g/mol. The van der Waals surface area contributed by atoms with Crippen molar-refractivity contribution in [3.8, 4) is 23.0 Å². The van der Waals surface area contributed by atoms with Gasteiger partial charge in [-0.25, -0.2) is 5.84 Å². The number of carbonyl (C=O) groups excluding carboxylic acids is 1. The molecule has 3 rings (SSSR count). The fourth-order valence-electron chi connectivity index (χ4n) is 3.51. The van der Waals surface area contributed by atoms with Crippen LogP contribution in [0.15, 0.2) is 36.4 Å².